The van der Waals surface area contributed by atoms with Crippen molar-refractivity contribution >= 4 is 41.4 Å². The molecule has 11 N–H and O–H groups in total. The highest BCUT2D eigenvalue weighted by Crippen LogP contribution is 2.28. The molecule has 4 aromatic rings. The Balaban J connectivity index is 1.11. The predicted molar refractivity (Wildman–Crippen MR) is 295 cm³/mol. The first-order valence-electron chi connectivity index (χ1n) is 27.6. The Morgan fingerprint density at radius 1 is 0.705 bits per heavy atom. The van der Waals surface area contributed by atoms with E-state index in [1.165, 1.54) is 28.9 Å². The first-order chi connectivity index (χ1) is 37.6. The summed E-state index contributed by atoms with van der Waals surface area (Å²) in [6, 6.07) is 21.6. The molecule has 3 aliphatic rings. The number of nitrogens with zero attached hydrogens (tertiary/aromatic N) is 2. The number of fused-ring (bicyclic) bond motifs is 2. The third kappa shape index (κ3) is 15.7. The second-order valence-corrected chi connectivity index (χ2v) is 20.7. The smallest absolute Gasteiger partial charge is 0.251 e. The Labute approximate surface area is 456 Å². The number of nitrogens with two attached hydrogens (primary N) is 2. The van der Waals surface area contributed by atoms with E-state index in [2.05, 4.69) is 33.5 Å². The fourth-order valence-electron chi connectivity index (χ4n) is 10.3. The van der Waals surface area contributed by atoms with Crippen LogP contribution in [0.25, 0.3) is 22.3 Å². The molecule has 3 aliphatic heterocycles. The molecule has 7 rings (SSSR count). The lowest BCUT2D eigenvalue weighted by Crippen LogP contribution is -2.61. The molecule has 0 spiro atoms. The van der Waals surface area contributed by atoms with Gasteiger partial charge >= 0.3 is 0 Å². The second-order valence-electron chi connectivity index (χ2n) is 20.7. The second kappa shape index (κ2) is 28.3. The fourth-order valence-corrected chi connectivity index (χ4v) is 10.3. The number of benzene rings is 4. The average Bonchev–Trinajstić information content (AvgIpc) is 4.11. The van der Waals surface area contributed by atoms with Gasteiger partial charge < -0.3 is 62.8 Å². The summed E-state index contributed by atoms with van der Waals surface area (Å²) >= 11 is 0. The highest BCUT2D eigenvalue weighted by atomic mass is 16.5. The van der Waals surface area contributed by atoms with Crippen LogP contribution in [0, 0.1) is 0 Å². The minimum Gasteiger partial charge on any atom is -0.508 e. The molecule has 0 saturated carbocycles. The largest absolute Gasteiger partial charge is 0.508 e. The van der Waals surface area contributed by atoms with Gasteiger partial charge in [0.05, 0.1) is 12.7 Å². The van der Waals surface area contributed by atoms with Crippen LogP contribution in [0.3, 0.4) is 0 Å². The molecular weight excluding hydrogens is 995 g/mol. The molecule has 418 valence electrons. The molecule has 0 bridgehead atoms. The quantitative estimate of drug-likeness (QED) is 0.0683. The topological polar surface area (TPSA) is 288 Å². The number of aromatic hydroxyl groups is 1. The maximum absolute atomic E-state index is 14.5. The van der Waals surface area contributed by atoms with Crippen molar-refractivity contribution in [2.24, 2.45) is 11.5 Å². The number of carbonyl (C=O) groups excluding carboxylic acids is 7. The van der Waals surface area contributed by atoms with Crippen molar-refractivity contribution in [1.29, 1.82) is 0 Å². The van der Waals surface area contributed by atoms with Crippen molar-refractivity contribution in [2.45, 2.75) is 146 Å². The van der Waals surface area contributed by atoms with Crippen LogP contribution >= 0.6 is 0 Å². The Morgan fingerprint density at radius 3 is 1.99 bits per heavy atom. The minimum absolute atomic E-state index is 0.0138. The molecule has 19 heteroatoms. The van der Waals surface area contributed by atoms with Crippen LogP contribution in [0.1, 0.15) is 107 Å². The first kappa shape index (κ1) is 58.3. The number of aliphatic hydroxyl groups is 1. The predicted octanol–water partition coefficient (Wildman–Crippen LogP) is 3.82. The van der Waals surface area contributed by atoms with E-state index in [-0.39, 0.29) is 75.9 Å². The number of unbranched alkanes of at least 4 members (excludes halogenated alkanes) is 3. The van der Waals surface area contributed by atoms with Gasteiger partial charge in [-0.1, -0.05) is 80.4 Å². The van der Waals surface area contributed by atoms with E-state index >= 15 is 0 Å². The summed E-state index contributed by atoms with van der Waals surface area (Å²) < 4.78 is 5.87. The van der Waals surface area contributed by atoms with Gasteiger partial charge in [-0.05, 0) is 148 Å². The molecule has 3 fully saturated rings. The lowest BCUT2D eigenvalue weighted by molar-refractivity contribution is -0.144. The normalized spacial score (nSPS) is 23.2. The van der Waals surface area contributed by atoms with Crippen molar-refractivity contribution in [3.63, 3.8) is 0 Å². The Morgan fingerprint density at radius 2 is 1.35 bits per heavy atom. The third-order valence-electron chi connectivity index (χ3n) is 14.8. The van der Waals surface area contributed by atoms with Crippen LogP contribution in [0.15, 0.2) is 97.1 Å². The monoisotopic (exact) mass is 1070 g/mol. The minimum atomic E-state index is -1.54. The number of carbonyl (C=O) groups is 7. The number of aliphatic hydroxyl groups excluding tert-OH is 1. The molecule has 0 radical (unpaired) electrons. The van der Waals surface area contributed by atoms with Crippen LogP contribution in [0.2, 0.25) is 0 Å². The third-order valence-corrected chi connectivity index (χ3v) is 14.8. The zero-order chi connectivity index (χ0) is 55.7. The van der Waals surface area contributed by atoms with Gasteiger partial charge in [-0.25, -0.2) is 0 Å². The molecule has 7 amide bonds. The number of rotatable bonds is 17. The number of aryl methyl sites for hydroxylation is 1. The molecule has 3 saturated heterocycles. The molecular formula is C59H77N9O10. The van der Waals surface area contributed by atoms with Gasteiger partial charge in [-0.2, -0.15) is 0 Å². The van der Waals surface area contributed by atoms with Crippen LogP contribution < -0.4 is 42.8 Å². The van der Waals surface area contributed by atoms with E-state index in [1.807, 2.05) is 48.5 Å². The number of amides is 7. The van der Waals surface area contributed by atoms with Gasteiger partial charge in [0.2, 0.25) is 35.4 Å². The number of nitrogens with one attached hydrogen (secondary N) is 5. The lowest BCUT2D eigenvalue weighted by atomic mass is 9.99. The summed E-state index contributed by atoms with van der Waals surface area (Å²) in [4.78, 5) is 103. The Hall–Kier alpha value is -7.35. The van der Waals surface area contributed by atoms with Crippen LogP contribution in [0.4, 0.5) is 0 Å². The Kier molecular flexibility index (Phi) is 21.2. The van der Waals surface area contributed by atoms with Gasteiger partial charge in [-0.3, -0.25) is 33.6 Å². The van der Waals surface area contributed by atoms with E-state index in [1.54, 1.807) is 36.4 Å². The molecule has 8 atom stereocenters. The van der Waals surface area contributed by atoms with E-state index in [9.17, 15) is 43.8 Å². The molecule has 4 aromatic carbocycles. The molecule has 0 aliphatic carbocycles. The number of phenolic OH excluding ortho intramolecular Hbond substituents is 1. The van der Waals surface area contributed by atoms with E-state index < -0.39 is 89.7 Å². The SMILES string of the molecule is CCCCCOc1ccc(-c2ccc(-c3ccc(C(=O)N[C@H]4CCCNC(=O)[C@@H]5C[C@H](N)CN5C(=O)[C@H](CCCCN)NC(=O)[C@H](CCc5ccc(O)cc5)NC(=O)[C@@H]5CCCN5C(=O)[C@H](C(C)O)NC4=O)cc3)cc2)cc1. The zero-order valence-corrected chi connectivity index (χ0v) is 44.8. The number of phenols is 1. The summed E-state index contributed by atoms with van der Waals surface area (Å²) in [5.74, 6) is -3.55. The first-order valence-corrected chi connectivity index (χ1v) is 27.6. The van der Waals surface area contributed by atoms with Gasteiger partial charge in [-0.15, -0.1) is 0 Å². The summed E-state index contributed by atoms with van der Waals surface area (Å²) in [6.07, 6.45) is 4.30. The van der Waals surface area contributed by atoms with Crippen molar-refractivity contribution in [3.8, 4) is 33.8 Å². The van der Waals surface area contributed by atoms with Crippen LogP contribution in [-0.2, 0) is 35.2 Å². The van der Waals surface area contributed by atoms with Crippen molar-refractivity contribution in [3.05, 3.63) is 108 Å². The molecule has 0 aromatic heterocycles. The fraction of sp³-hybridized carbons (Fsp3) is 0.475. The van der Waals surface area contributed by atoms with Gasteiger partial charge in [0.1, 0.15) is 47.8 Å². The summed E-state index contributed by atoms with van der Waals surface area (Å²) in [6.45, 7) is 4.71. The number of ether oxygens (including phenoxy) is 1. The summed E-state index contributed by atoms with van der Waals surface area (Å²) in [5, 5.41) is 35.0. The van der Waals surface area contributed by atoms with Crippen molar-refractivity contribution in [2.75, 3.05) is 32.8 Å². The maximum atomic E-state index is 14.5. The van der Waals surface area contributed by atoms with Crippen molar-refractivity contribution < 1.29 is 48.5 Å². The highest BCUT2D eigenvalue weighted by molar-refractivity contribution is 6.00. The molecule has 78 heavy (non-hydrogen) atoms. The maximum Gasteiger partial charge on any atom is 0.251 e. The summed E-state index contributed by atoms with van der Waals surface area (Å²) in [5.41, 5.74) is 17.1. The number of hydrogen-bond acceptors (Lipinski definition) is 12. The standard InChI is InChI=1S/C59H77N9O10/c1-3-4-7-34-78-46-28-24-42(25-29-46)40-18-16-39(17-19-40)41-20-22-43(23-21-41)53(71)63-47-11-8-32-62-56(74)51-35-44(61)36-68(51)58(76)49(10-5-6-31-60)65-54(72)48(30-15-38-13-26-45(70)27-14-38)64-57(75)50-12-9-33-67(50)59(77)52(37(2)69)66-55(47)73/h13-14,16-29,37,44,47-52,69-70H,3-12,15,30-36,60-61H2,1-2H3,(H,62,74)(H,63,71)(H,64,75)(H,65,72)(H,66,73)/t37?,44-,47-,48-,49-,50-,51-,52-/m0/s1. The molecule has 19 nitrogen and oxygen atoms in total. The Bertz CT molecular complexity index is 2670. The van der Waals surface area contributed by atoms with E-state index in [4.69, 9.17) is 16.2 Å². The van der Waals surface area contributed by atoms with E-state index in [0.717, 1.165) is 52.8 Å². The van der Waals surface area contributed by atoms with Gasteiger partial charge in [0.15, 0.2) is 0 Å². The van der Waals surface area contributed by atoms with Gasteiger partial charge in [0, 0.05) is 31.2 Å². The average molecular weight is 1070 g/mol. The zero-order valence-electron chi connectivity index (χ0n) is 44.8. The van der Waals surface area contributed by atoms with Crippen LogP contribution in [-0.4, -0.2) is 143 Å². The van der Waals surface area contributed by atoms with E-state index in [0.29, 0.717) is 32.4 Å². The van der Waals surface area contributed by atoms with Gasteiger partial charge in [0.25, 0.3) is 5.91 Å². The lowest BCUT2D eigenvalue weighted by Gasteiger charge is -2.32. The number of hydrogen-bond donors (Lipinski definition) is 9. The highest BCUT2D eigenvalue weighted by Gasteiger charge is 2.43. The summed E-state index contributed by atoms with van der Waals surface area (Å²) in [7, 11) is 0. The molecule has 1 unspecified atom stereocenters. The van der Waals surface area contributed by atoms with Crippen molar-refractivity contribution in [1.82, 2.24) is 36.4 Å². The van der Waals surface area contributed by atoms with Crippen LogP contribution in [0.5, 0.6) is 11.5 Å². The molecule has 3 heterocycles.